The first-order valence-corrected chi connectivity index (χ1v) is 6.55. The van der Waals surface area contributed by atoms with Gasteiger partial charge in [-0.1, -0.05) is 22.0 Å². The van der Waals surface area contributed by atoms with Gasteiger partial charge in [0.05, 0.1) is 20.3 Å². The van der Waals surface area contributed by atoms with E-state index in [2.05, 4.69) is 30.7 Å². The van der Waals surface area contributed by atoms with E-state index in [4.69, 9.17) is 0 Å². The molecular weight excluding hydrogens is 330 g/mol. The van der Waals surface area contributed by atoms with Crippen molar-refractivity contribution in [2.75, 3.05) is 14.2 Å². The first kappa shape index (κ1) is 14.5. The molecule has 6 nitrogen and oxygen atoms in total. The minimum absolute atomic E-state index is 0.343. The van der Waals surface area contributed by atoms with E-state index in [-0.39, 0.29) is 5.91 Å². The van der Waals surface area contributed by atoms with Crippen LogP contribution in [-0.4, -0.2) is 32.1 Å². The molecule has 1 aliphatic heterocycles. The predicted octanol–water partition coefficient (Wildman–Crippen LogP) is 1.20. The Morgan fingerprint density at radius 1 is 1.25 bits per heavy atom. The molecule has 0 bridgehead atoms. The van der Waals surface area contributed by atoms with Crippen LogP contribution < -0.4 is 5.32 Å². The molecule has 0 radical (unpaired) electrons. The van der Waals surface area contributed by atoms with Crippen molar-refractivity contribution >= 4 is 33.8 Å². The zero-order valence-electron chi connectivity index (χ0n) is 10.8. The first-order valence-electron chi connectivity index (χ1n) is 5.75. The second-order valence-electron chi connectivity index (χ2n) is 4.21. The number of hydrogen-bond acceptors (Lipinski definition) is 5. The lowest BCUT2D eigenvalue weighted by Crippen LogP contribution is -2.37. The fourth-order valence-corrected chi connectivity index (χ4v) is 2.54. The maximum Gasteiger partial charge on any atom is 0.322 e. The van der Waals surface area contributed by atoms with E-state index in [0.717, 1.165) is 4.47 Å². The largest absolute Gasteiger partial charge is 0.468 e. The Balaban J connectivity index is 2.45. The summed E-state index contributed by atoms with van der Waals surface area (Å²) in [5.74, 6) is -3.07. The molecule has 20 heavy (non-hydrogen) atoms. The summed E-state index contributed by atoms with van der Waals surface area (Å²) in [7, 11) is 2.36. The Hall–Kier alpha value is -1.89. The average Bonchev–Trinajstić information content (AvgIpc) is 2.75. The van der Waals surface area contributed by atoms with Crippen LogP contribution in [0.2, 0.25) is 0 Å². The quantitative estimate of drug-likeness (QED) is 0.659. The minimum atomic E-state index is -1.23. The topological polar surface area (TPSA) is 81.7 Å². The van der Waals surface area contributed by atoms with Crippen LogP contribution in [0.15, 0.2) is 22.7 Å². The molecule has 1 aliphatic rings. The van der Waals surface area contributed by atoms with Crippen molar-refractivity contribution in [2.45, 2.75) is 6.04 Å². The number of hydrogen-bond donors (Lipinski definition) is 1. The van der Waals surface area contributed by atoms with Crippen molar-refractivity contribution in [3.8, 4) is 0 Å². The van der Waals surface area contributed by atoms with Crippen LogP contribution in [0.4, 0.5) is 0 Å². The van der Waals surface area contributed by atoms with Gasteiger partial charge in [0.2, 0.25) is 0 Å². The number of carbonyl (C=O) groups excluding carboxylic acids is 3. The predicted molar refractivity (Wildman–Crippen MR) is 71.9 cm³/mol. The van der Waals surface area contributed by atoms with E-state index >= 15 is 0 Å². The van der Waals surface area contributed by atoms with Crippen molar-refractivity contribution in [3.05, 3.63) is 33.8 Å². The molecule has 0 aliphatic carbocycles. The molecule has 0 fully saturated rings. The summed E-state index contributed by atoms with van der Waals surface area (Å²) in [5, 5.41) is 2.62. The fraction of sp³-hybridized carbons (Fsp3) is 0.308. The molecule has 0 saturated carbocycles. The lowest BCUT2D eigenvalue weighted by molar-refractivity contribution is -0.160. The summed E-state index contributed by atoms with van der Waals surface area (Å²) in [5.41, 5.74) is 0.987. The molecule has 0 unspecified atom stereocenters. The lowest BCUT2D eigenvalue weighted by Gasteiger charge is -2.19. The summed E-state index contributed by atoms with van der Waals surface area (Å²) in [6.07, 6.45) is 0. The summed E-state index contributed by atoms with van der Waals surface area (Å²) in [6, 6.07) is 4.26. The van der Waals surface area contributed by atoms with Gasteiger partial charge in [0.15, 0.2) is 5.92 Å². The van der Waals surface area contributed by atoms with Gasteiger partial charge in [0.25, 0.3) is 5.91 Å². The highest BCUT2D eigenvalue weighted by Gasteiger charge is 2.43. The molecule has 7 heteroatoms. The maximum atomic E-state index is 11.9. The average molecular weight is 342 g/mol. The molecule has 1 aromatic carbocycles. The number of fused-ring (bicyclic) bond motifs is 1. The number of carbonyl (C=O) groups is 3. The van der Waals surface area contributed by atoms with Gasteiger partial charge in [0.1, 0.15) is 0 Å². The number of methoxy groups -OCH3 is 2. The highest BCUT2D eigenvalue weighted by atomic mass is 79.9. The molecule has 2 rings (SSSR count). The maximum absolute atomic E-state index is 11.9. The minimum Gasteiger partial charge on any atom is -0.468 e. The molecule has 1 N–H and O–H groups in total. The number of halogens is 1. The van der Waals surface area contributed by atoms with Crippen molar-refractivity contribution in [1.82, 2.24) is 5.32 Å². The number of nitrogens with one attached hydrogen (secondary N) is 1. The Kier molecular flexibility index (Phi) is 4.08. The Bertz CT molecular complexity index is 570. The van der Waals surface area contributed by atoms with E-state index in [1.165, 1.54) is 14.2 Å². The van der Waals surface area contributed by atoms with Gasteiger partial charge in [-0.15, -0.1) is 0 Å². The molecule has 1 heterocycles. The highest BCUT2D eigenvalue weighted by molar-refractivity contribution is 9.10. The second-order valence-corrected chi connectivity index (χ2v) is 5.12. The summed E-state index contributed by atoms with van der Waals surface area (Å²) in [4.78, 5) is 35.5. The standard InChI is InChI=1S/C13H12BrNO5/c1-19-12(17)9(13(18)20-2)10-7-4-3-6(14)5-8(7)11(16)15-10/h3-5,9-10H,1-2H3,(H,15,16)/t10-/m1/s1. The van der Waals surface area contributed by atoms with Crippen LogP contribution in [-0.2, 0) is 19.1 Å². The zero-order chi connectivity index (χ0) is 14.9. The molecular formula is C13H12BrNO5. The van der Waals surface area contributed by atoms with Gasteiger partial charge in [-0.25, -0.2) is 0 Å². The third-order valence-corrected chi connectivity index (χ3v) is 3.62. The monoisotopic (exact) mass is 341 g/mol. The summed E-state index contributed by atoms with van der Waals surface area (Å²) < 4.78 is 9.98. The van der Waals surface area contributed by atoms with Crippen molar-refractivity contribution < 1.29 is 23.9 Å². The molecule has 0 saturated heterocycles. The van der Waals surface area contributed by atoms with Crippen molar-refractivity contribution in [2.24, 2.45) is 5.92 Å². The van der Waals surface area contributed by atoms with E-state index < -0.39 is 23.9 Å². The number of rotatable bonds is 3. The molecule has 1 atom stereocenters. The SMILES string of the molecule is COC(=O)C(C(=O)OC)[C@@H]1NC(=O)c2cc(Br)ccc21. The van der Waals surface area contributed by atoms with Gasteiger partial charge < -0.3 is 14.8 Å². The van der Waals surface area contributed by atoms with Crippen LogP contribution in [0.3, 0.4) is 0 Å². The molecule has 1 amide bonds. The molecule has 1 aromatic rings. The number of esters is 2. The Morgan fingerprint density at radius 2 is 1.85 bits per heavy atom. The highest BCUT2D eigenvalue weighted by Crippen LogP contribution is 2.34. The van der Waals surface area contributed by atoms with E-state index in [1.807, 2.05) is 0 Å². The second kappa shape index (κ2) is 5.62. The molecule has 0 spiro atoms. The van der Waals surface area contributed by atoms with Crippen LogP contribution in [0, 0.1) is 5.92 Å². The van der Waals surface area contributed by atoms with Gasteiger partial charge in [0, 0.05) is 10.0 Å². The van der Waals surface area contributed by atoms with E-state index in [0.29, 0.717) is 11.1 Å². The fourth-order valence-electron chi connectivity index (χ4n) is 2.18. The first-order chi connectivity index (χ1) is 9.49. The van der Waals surface area contributed by atoms with Gasteiger partial charge >= 0.3 is 11.9 Å². The Labute approximate surface area is 123 Å². The Morgan fingerprint density at radius 3 is 2.40 bits per heavy atom. The van der Waals surface area contributed by atoms with Gasteiger partial charge in [-0.05, 0) is 17.7 Å². The van der Waals surface area contributed by atoms with Crippen LogP contribution in [0.5, 0.6) is 0 Å². The van der Waals surface area contributed by atoms with Gasteiger partial charge in [-0.3, -0.25) is 14.4 Å². The third kappa shape index (κ3) is 2.40. The van der Waals surface area contributed by atoms with Crippen molar-refractivity contribution in [3.63, 3.8) is 0 Å². The summed E-state index contributed by atoms with van der Waals surface area (Å²) in [6.45, 7) is 0. The number of benzene rings is 1. The lowest BCUT2D eigenvalue weighted by atomic mass is 9.93. The van der Waals surface area contributed by atoms with Crippen LogP contribution in [0.25, 0.3) is 0 Å². The van der Waals surface area contributed by atoms with Crippen LogP contribution in [0.1, 0.15) is 22.0 Å². The number of amides is 1. The smallest absolute Gasteiger partial charge is 0.322 e. The zero-order valence-corrected chi connectivity index (χ0v) is 12.4. The third-order valence-electron chi connectivity index (χ3n) is 3.13. The summed E-state index contributed by atoms with van der Waals surface area (Å²) >= 11 is 3.27. The number of ether oxygens (including phenoxy) is 2. The van der Waals surface area contributed by atoms with E-state index in [1.54, 1.807) is 18.2 Å². The van der Waals surface area contributed by atoms with Gasteiger partial charge in [-0.2, -0.15) is 0 Å². The van der Waals surface area contributed by atoms with Crippen molar-refractivity contribution in [1.29, 1.82) is 0 Å². The van der Waals surface area contributed by atoms with E-state index in [9.17, 15) is 14.4 Å². The normalized spacial score (nSPS) is 16.6. The molecule has 106 valence electrons. The van der Waals surface area contributed by atoms with Crippen LogP contribution >= 0.6 is 15.9 Å². The molecule has 0 aromatic heterocycles.